The van der Waals surface area contributed by atoms with Crippen LogP contribution in [0.5, 0.6) is 5.75 Å². The molecule has 0 bridgehead atoms. The van der Waals surface area contributed by atoms with E-state index in [-0.39, 0.29) is 5.91 Å². The molecule has 1 aromatic heterocycles. The first kappa shape index (κ1) is 17.5. The minimum Gasteiger partial charge on any atom is -0.497 e. The summed E-state index contributed by atoms with van der Waals surface area (Å²) in [5, 5.41) is 3.25. The summed E-state index contributed by atoms with van der Waals surface area (Å²) in [6.45, 7) is 2.53. The summed E-state index contributed by atoms with van der Waals surface area (Å²) in [6, 6.07) is 20.8. The van der Waals surface area contributed by atoms with Crippen molar-refractivity contribution in [3.63, 3.8) is 0 Å². The first-order valence-corrected chi connectivity index (χ1v) is 8.45. The van der Waals surface area contributed by atoms with E-state index in [9.17, 15) is 4.79 Å². The van der Waals surface area contributed by atoms with Crippen LogP contribution in [0.4, 0.5) is 17.1 Å². The van der Waals surface area contributed by atoms with Gasteiger partial charge in [-0.3, -0.25) is 4.79 Å². The third kappa shape index (κ3) is 4.00. The summed E-state index contributed by atoms with van der Waals surface area (Å²) in [6.07, 6.45) is 1.66. The molecular weight excluding hydrogens is 326 g/mol. The Hall–Kier alpha value is -3.34. The Morgan fingerprint density at radius 2 is 1.69 bits per heavy atom. The molecule has 0 unspecified atom stereocenters. The summed E-state index contributed by atoms with van der Waals surface area (Å²) in [4.78, 5) is 18.8. The van der Waals surface area contributed by atoms with Crippen molar-refractivity contribution in [3.05, 3.63) is 78.6 Å². The van der Waals surface area contributed by atoms with E-state index in [1.54, 1.807) is 24.3 Å². The first-order valence-electron chi connectivity index (χ1n) is 8.45. The Balaban J connectivity index is 1.72. The number of amides is 1. The van der Waals surface area contributed by atoms with E-state index in [0.29, 0.717) is 12.2 Å². The number of aromatic nitrogens is 1. The molecule has 0 saturated carbocycles. The molecule has 0 aliphatic heterocycles. The Kier molecular flexibility index (Phi) is 5.49. The molecule has 0 atom stereocenters. The maximum Gasteiger partial charge on any atom is 0.276 e. The van der Waals surface area contributed by atoms with E-state index in [1.807, 2.05) is 67.6 Å². The van der Waals surface area contributed by atoms with Gasteiger partial charge in [0.1, 0.15) is 11.4 Å². The number of benzene rings is 2. The van der Waals surface area contributed by atoms with Crippen molar-refractivity contribution < 1.29 is 9.53 Å². The summed E-state index contributed by atoms with van der Waals surface area (Å²) in [5.41, 5.74) is 3.01. The molecule has 0 radical (unpaired) electrons. The predicted octanol–water partition coefficient (Wildman–Crippen LogP) is 4.50. The Labute approximate surface area is 153 Å². The van der Waals surface area contributed by atoms with Gasteiger partial charge >= 0.3 is 0 Å². The Morgan fingerprint density at radius 3 is 2.27 bits per heavy atom. The van der Waals surface area contributed by atoms with Crippen molar-refractivity contribution in [1.82, 2.24) is 4.98 Å². The lowest BCUT2D eigenvalue weighted by atomic mass is 10.2. The van der Waals surface area contributed by atoms with Gasteiger partial charge in [0.25, 0.3) is 5.91 Å². The largest absolute Gasteiger partial charge is 0.497 e. The van der Waals surface area contributed by atoms with E-state index in [0.717, 1.165) is 22.8 Å². The second kappa shape index (κ2) is 8.16. The number of anilines is 3. The highest BCUT2D eigenvalue weighted by Gasteiger charge is 2.17. The molecule has 0 aliphatic rings. The number of nitrogens with one attached hydrogen (secondary N) is 1. The number of carbonyl (C=O) groups excluding carboxylic acids is 1. The van der Waals surface area contributed by atoms with Gasteiger partial charge in [0.15, 0.2) is 0 Å². The van der Waals surface area contributed by atoms with Gasteiger partial charge in [-0.1, -0.05) is 18.2 Å². The van der Waals surface area contributed by atoms with Crippen LogP contribution in [0, 0.1) is 0 Å². The van der Waals surface area contributed by atoms with Crippen molar-refractivity contribution in [3.8, 4) is 5.75 Å². The monoisotopic (exact) mass is 347 g/mol. The molecule has 5 nitrogen and oxygen atoms in total. The smallest absolute Gasteiger partial charge is 0.276 e. The SMILES string of the molecule is CCN(C(=O)c1ccc(Nc2ccc(OC)cc2)cn1)c1ccccc1. The third-order valence-electron chi connectivity index (χ3n) is 3.99. The molecule has 0 spiro atoms. The summed E-state index contributed by atoms with van der Waals surface area (Å²) >= 11 is 0. The lowest BCUT2D eigenvalue weighted by Gasteiger charge is -2.20. The van der Waals surface area contributed by atoms with Gasteiger partial charge in [-0.25, -0.2) is 4.98 Å². The van der Waals surface area contributed by atoms with Crippen molar-refractivity contribution in [2.45, 2.75) is 6.92 Å². The fourth-order valence-corrected chi connectivity index (χ4v) is 2.62. The quantitative estimate of drug-likeness (QED) is 0.713. The molecule has 3 rings (SSSR count). The number of methoxy groups -OCH3 is 1. The summed E-state index contributed by atoms with van der Waals surface area (Å²) < 4.78 is 5.15. The second-order valence-corrected chi connectivity index (χ2v) is 5.67. The zero-order valence-corrected chi connectivity index (χ0v) is 14.8. The van der Waals surface area contributed by atoms with Crippen molar-refractivity contribution >= 4 is 23.0 Å². The zero-order valence-electron chi connectivity index (χ0n) is 14.8. The van der Waals surface area contributed by atoms with Crippen molar-refractivity contribution in [1.29, 1.82) is 0 Å². The van der Waals surface area contributed by atoms with E-state index in [2.05, 4.69) is 10.3 Å². The molecule has 132 valence electrons. The van der Waals surface area contributed by atoms with Crippen LogP contribution in [0.3, 0.4) is 0 Å². The predicted molar refractivity (Wildman–Crippen MR) is 104 cm³/mol. The van der Waals surface area contributed by atoms with Crippen LogP contribution >= 0.6 is 0 Å². The Bertz CT molecular complexity index is 847. The van der Waals surface area contributed by atoms with Crippen molar-refractivity contribution in [2.75, 3.05) is 23.9 Å². The average molecular weight is 347 g/mol. The number of pyridine rings is 1. The number of hydrogen-bond donors (Lipinski definition) is 1. The minimum atomic E-state index is -0.116. The van der Waals surface area contributed by atoms with Crippen LogP contribution in [0.15, 0.2) is 72.9 Å². The zero-order chi connectivity index (χ0) is 18.4. The van der Waals surface area contributed by atoms with Gasteiger partial charge in [-0.15, -0.1) is 0 Å². The van der Waals surface area contributed by atoms with Gasteiger partial charge in [0.2, 0.25) is 0 Å². The third-order valence-corrected chi connectivity index (χ3v) is 3.99. The number of para-hydroxylation sites is 1. The number of hydrogen-bond acceptors (Lipinski definition) is 4. The van der Waals surface area contributed by atoms with Gasteiger partial charge in [-0.05, 0) is 55.5 Å². The molecule has 1 amide bonds. The molecule has 0 aliphatic carbocycles. The highest BCUT2D eigenvalue weighted by Crippen LogP contribution is 2.20. The molecule has 1 N–H and O–H groups in total. The topological polar surface area (TPSA) is 54.5 Å². The van der Waals surface area contributed by atoms with Gasteiger partial charge in [-0.2, -0.15) is 0 Å². The molecule has 2 aromatic carbocycles. The van der Waals surface area contributed by atoms with Crippen LogP contribution in [0.25, 0.3) is 0 Å². The number of carbonyl (C=O) groups is 1. The lowest BCUT2D eigenvalue weighted by Crippen LogP contribution is -2.31. The summed E-state index contributed by atoms with van der Waals surface area (Å²) in [7, 11) is 1.64. The van der Waals surface area contributed by atoms with E-state index >= 15 is 0 Å². The van der Waals surface area contributed by atoms with Crippen LogP contribution in [-0.2, 0) is 0 Å². The van der Waals surface area contributed by atoms with E-state index in [1.165, 1.54) is 0 Å². The molecule has 3 aromatic rings. The molecule has 0 saturated heterocycles. The lowest BCUT2D eigenvalue weighted by molar-refractivity contribution is 0.0983. The first-order chi connectivity index (χ1) is 12.7. The number of rotatable bonds is 6. The normalized spacial score (nSPS) is 10.2. The van der Waals surface area contributed by atoms with Gasteiger partial charge in [0, 0.05) is 17.9 Å². The molecule has 26 heavy (non-hydrogen) atoms. The highest BCUT2D eigenvalue weighted by molar-refractivity contribution is 6.04. The van der Waals surface area contributed by atoms with E-state index in [4.69, 9.17) is 4.74 Å². The van der Waals surface area contributed by atoms with Crippen LogP contribution in [0.1, 0.15) is 17.4 Å². The van der Waals surface area contributed by atoms with Gasteiger partial charge in [0.05, 0.1) is 19.0 Å². The van der Waals surface area contributed by atoms with Crippen LogP contribution in [0.2, 0.25) is 0 Å². The van der Waals surface area contributed by atoms with E-state index < -0.39 is 0 Å². The van der Waals surface area contributed by atoms with Gasteiger partial charge < -0.3 is 15.0 Å². The molecule has 0 fully saturated rings. The maximum atomic E-state index is 12.7. The van der Waals surface area contributed by atoms with Crippen molar-refractivity contribution in [2.24, 2.45) is 0 Å². The second-order valence-electron chi connectivity index (χ2n) is 5.67. The molecular formula is C21H21N3O2. The Morgan fingerprint density at radius 1 is 1.00 bits per heavy atom. The fourth-order valence-electron chi connectivity index (χ4n) is 2.62. The highest BCUT2D eigenvalue weighted by atomic mass is 16.5. The van der Waals surface area contributed by atoms with Crippen LogP contribution < -0.4 is 15.0 Å². The fraction of sp³-hybridized carbons (Fsp3) is 0.143. The maximum absolute atomic E-state index is 12.7. The standard InChI is InChI=1S/C21H21N3O2/c1-3-24(18-7-5-4-6-8-18)21(25)20-14-11-17(15-22-20)23-16-9-12-19(26-2)13-10-16/h4-15,23H,3H2,1-2H3. The molecule has 5 heteroatoms. The number of nitrogens with zero attached hydrogens (tertiary/aromatic N) is 2. The molecule has 1 heterocycles. The number of ether oxygens (including phenoxy) is 1. The summed E-state index contributed by atoms with van der Waals surface area (Å²) in [5.74, 6) is 0.685. The minimum absolute atomic E-state index is 0.116. The average Bonchev–Trinajstić information content (AvgIpc) is 2.70. The van der Waals surface area contributed by atoms with Crippen LogP contribution in [-0.4, -0.2) is 24.5 Å².